The van der Waals surface area contributed by atoms with Crippen LogP contribution in [0.4, 0.5) is 5.69 Å². The van der Waals surface area contributed by atoms with Crippen LogP contribution < -0.4 is 10.0 Å². The molecule has 1 atom stereocenters. The fourth-order valence-corrected chi connectivity index (χ4v) is 3.56. The molecule has 0 unspecified atom stereocenters. The summed E-state index contributed by atoms with van der Waals surface area (Å²) in [5, 5.41) is 2.81. The van der Waals surface area contributed by atoms with Crippen molar-refractivity contribution in [1.82, 2.24) is 4.72 Å². The van der Waals surface area contributed by atoms with Gasteiger partial charge >= 0.3 is 0 Å². The molecular weight excluding hydrogens is 336 g/mol. The Balaban J connectivity index is 2.09. The molecule has 1 amide bonds. The van der Waals surface area contributed by atoms with Crippen molar-refractivity contribution in [3.05, 3.63) is 59.7 Å². The summed E-state index contributed by atoms with van der Waals surface area (Å²) in [7, 11) is -3.56. The van der Waals surface area contributed by atoms with Crippen LogP contribution in [0.3, 0.4) is 0 Å². The van der Waals surface area contributed by atoms with E-state index >= 15 is 0 Å². The fraction of sp³-hybridized carbons (Fsp3) is 0.316. The molecule has 0 radical (unpaired) electrons. The van der Waals surface area contributed by atoms with Crippen LogP contribution >= 0.6 is 0 Å². The fourth-order valence-electron chi connectivity index (χ4n) is 2.23. The molecule has 0 fully saturated rings. The number of amides is 1. The van der Waals surface area contributed by atoms with E-state index < -0.39 is 10.0 Å². The van der Waals surface area contributed by atoms with Gasteiger partial charge in [0.25, 0.3) is 5.91 Å². The van der Waals surface area contributed by atoms with Gasteiger partial charge < -0.3 is 5.32 Å². The van der Waals surface area contributed by atoms with Crippen LogP contribution in [-0.2, 0) is 16.4 Å². The smallest absolute Gasteiger partial charge is 0.255 e. The number of nitrogens with one attached hydrogen (secondary N) is 2. The molecule has 2 aromatic rings. The Morgan fingerprint density at radius 3 is 2.12 bits per heavy atom. The second-order valence-electron chi connectivity index (χ2n) is 5.96. The molecule has 0 aliphatic heterocycles. The van der Waals surface area contributed by atoms with E-state index in [0.717, 1.165) is 6.42 Å². The van der Waals surface area contributed by atoms with Crippen molar-refractivity contribution >= 4 is 21.6 Å². The van der Waals surface area contributed by atoms with Crippen molar-refractivity contribution in [3.63, 3.8) is 0 Å². The Kier molecular flexibility index (Phi) is 6.33. The Morgan fingerprint density at radius 1 is 1.00 bits per heavy atom. The average molecular weight is 360 g/mol. The van der Waals surface area contributed by atoms with E-state index in [9.17, 15) is 13.2 Å². The highest BCUT2D eigenvalue weighted by molar-refractivity contribution is 7.89. The molecule has 134 valence electrons. The van der Waals surface area contributed by atoms with E-state index in [-0.39, 0.29) is 16.8 Å². The Hall–Kier alpha value is -2.18. The zero-order valence-electron chi connectivity index (χ0n) is 14.7. The SMILES string of the molecule is CCc1ccc(NC(=O)c2ccc(S(=O)(=O)N[C@H](C)CC)cc2)cc1. The highest BCUT2D eigenvalue weighted by Gasteiger charge is 2.17. The average Bonchev–Trinajstić information content (AvgIpc) is 2.62. The monoisotopic (exact) mass is 360 g/mol. The number of anilines is 1. The van der Waals surface area contributed by atoms with E-state index in [1.807, 2.05) is 38.1 Å². The molecule has 2 N–H and O–H groups in total. The number of benzene rings is 2. The maximum absolute atomic E-state index is 12.3. The van der Waals surface area contributed by atoms with E-state index in [1.165, 1.54) is 29.8 Å². The first-order valence-electron chi connectivity index (χ1n) is 8.38. The molecule has 0 saturated carbocycles. The van der Waals surface area contributed by atoms with Crippen molar-refractivity contribution in [2.75, 3.05) is 5.32 Å². The second-order valence-corrected chi connectivity index (χ2v) is 7.67. The normalized spacial score (nSPS) is 12.6. The van der Waals surface area contributed by atoms with Gasteiger partial charge in [0.15, 0.2) is 0 Å². The largest absolute Gasteiger partial charge is 0.322 e. The molecule has 25 heavy (non-hydrogen) atoms. The molecule has 2 aromatic carbocycles. The lowest BCUT2D eigenvalue weighted by atomic mass is 10.1. The minimum absolute atomic E-state index is 0.140. The molecule has 0 aliphatic rings. The van der Waals surface area contributed by atoms with Gasteiger partial charge in [-0.3, -0.25) is 4.79 Å². The minimum Gasteiger partial charge on any atom is -0.322 e. The van der Waals surface area contributed by atoms with Gasteiger partial charge in [-0.1, -0.05) is 26.0 Å². The number of hydrogen-bond acceptors (Lipinski definition) is 3. The standard InChI is InChI=1S/C19H24N2O3S/c1-4-14(3)21-25(23,24)18-12-8-16(9-13-18)19(22)20-17-10-6-15(5-2)7-11-17/h6-14,21H,4-5H2,1-3H3,(H,20,22)/t14-/m1/s1. The number of sulfonamides is 1. The van der Waals surface area contributed by atoms with Crippen LogP contribution in [-0.4, -0.2) is 20.4 Å². The van der Waals surface area contributed by atoms with Gasteiger partial charge in [-0.25, -0.2) is 13.1 Å². The summed E-state index contributed by atoms with van der Waals surface area (Å²) in [5.74, 6) is -0.275. The van der Waals surface area contributed by atoms with E-state index in [0.29, 0.717) is 17.7 Å². The van der Waals surface area contributed by atoms with Gasteiger partial charge in [0.1, 0.15) is 0 Å². The van der Waals surface area contributed by atoms with Gasteiger partial charge in [-0.2, -0.15) is 0 Å². The van der Waals surface area contributed by atoms with Crippen LogP contribution in [0.1, 0.15) is 43.1 Å². The molecule has 0 aliphatic carbocycles. The number of carbonyl (C=O) groups excluding carboxylic acids is 1. The number of carbonyl (C=O) groups is 1. The zero-order valence-corrected chi connectivity index (χ0v) is 15.6. The van der Waals surface area contributed by atoms with Gasteiger partial charge in [0.05, 0.1) is 4.90 Å². The third kappa shape index (κ3) is 5.14. The quantitative estimate of drug-likeness (QED) is 0.792. The molecular formula is C19H24N2O3S. The van der Waals surface area contributed by atoms with Crippen molar-refractivity contribution in [3.8, 4) is 0 Å². The maximum Gasteiger partial charge on any atom is 0.255 e. The first kappa shape index (κ1) is 19.1. The second kappa shape index (κ2) is 8.27. The summed E-state index contributed by atoms with van der Waals surface area (Å²) < 4.78 is 27.0. The Labute approximate surface area is 149 Å². The summed E-state index contributed by atoms with van der Waals surface area (Å²) in [6.45, 7) is 5.79. The van der Waals surface area contributed by atoms with Crippen LogP contribution in [0.5, 0.6) is 0 Å². The summed E-state index contributed by atoms with van der Waals surface area (Å²) in [4.78, 5) is 12.4. The molecule has 0 heterocycles. The predicted molar refractivity (Wildman–Crippen MR) is 100 cm³/mol. The van der Waals surface area contributed by atoms with Crippen molar-refractivity contribution in [2.24, 2.45) is 0 Å². The van der Waals surface area contributed by atoms with Crippen molar-refractivity contribution in [1.29, 1.82) is 0 Å². The lowest BCUT2D eigenvalue weighted by Gasteiger charge is -2.12. The summed E-state index contributed by atoms with van der Waals surface area (Å²) in [6, 6.07) is 13.4. The van der Waals surface area contributed by atoms with Crippen LogP contribution in [0.15, 0.2) is 53.4 Å². The first-order chi connectivity index (χ1) is 11.9. The van der Waals surface area contributed by atoms with Gasteiger partial charge in [-0.05, 0) is 61.7 Å². The third-order valence-corrected chi connectivity index (χ3v) is 5.62. The van der Waals surface area contributed by atoms with Gasteiger partial charge in [0, 0.05) is 17.3 Å². The van der Waals surface area contributed by atoms with E-state index in [4.69, 9.17) is 0 Å². The van der Waals surface area contributed by atoms with Gasteiger partial charge in [0.2, 0.25) is 10.0 Å². The first-order valence-corrected chi connectivity index (χ1v) is 9.86. The molecule has 5 nitrogen and oxygen atoms in total. The lowest BCUT2D eigenvalue weighted by molar-refractivity contribution is 0.102. The number of aryl methyl sites for hydroxylation is 1. The molecule has 0 bridgehead atoms. The zero-order chi connectivity index (χ0) is 18.4. The molecule has 0 aromatic heterocycles. The number of rotatable bonds is 7. The summed E-state index contributed by atoms with van der Waals surface area (Å²) in [6.07, 6.45) is 1.64. The Bertz CT molecular complexity index is 813. The topological polar surface area (TPSA) is 75.3 Å². The third-order valence-electron chi connectivity index (χ3n) is 4.02. The molecule has 0 saturated heterocycles. The molecule has 2 rings (SSSR count). The van der Waals surface area contributed by atoms with E-state index in [1.54, 1.807) is 0 Å². The highest BCUT2D eigenvalue weighted by Crippen LogP contribution is 2.15. The minimum atomic E-state index is -3.56. The van der Waals surface area contributed by atoms with Crippen LogP contribution in [0.2, 0.25) is 0 Å². The van der Waals surface area contributed by atoms with Gasteiger partial charge in [-0.15, -0.1) is 0 Å². The number of hydrogen-bond donors (Lipinski definition) is 2. The van der Waals surface area contributed by atoms with Crippen LogP contribution in [0, 0.1) is 0 Å². The Morgan fingerprint density at radius 2 is 1.60 bits per heavy atom. The van der Waals surface area contributed by atoms with Crippen LogP contribution in [0.25, 0.3) is 0 Å². The van der Waals surface area contributed by atoms with E-state index in [2.05, 4.69) is 17.0 Å². The molecule has 6 heteroatoms. The van der Waals surface area contributed by atoms with Crippen molar-refractivity contribution in [2.45, 2.75) is 44.6 Å². The summed E-state index contributed by atoms with van der Waals surface area (Å²) >= 11 is 0. The predicted octanol–water partition coefficient (Wildman–Crippen LogP) is 3.58. The van der Waals surface area contributed by atoms with Crippen molar-refractivity contribution < 1.29 is 13.2 Å². The lowest BCUT2D eigenvalue weighted by Crippen LogP contribution is -2.32. The summed E-state index contributed by atoms with van der Waals surface area (Å²) in [5.41, 5.74) is 2.31. The molecule has 0 spiro atoms. The maximum atomic E-state index is 12.3. The highest BCUT2D eigenvalue weighted by atomic mass is 32.2.